The van der Waals surface area contributed by atoms with Gasteiger partial charge in [0.15, 0.2) is 0 Å². The van der Waals surface area contributed by atoms with Crippen LogP contribution >= 0.6 is 11.6 Å². The third-order valence-electron chi connectivity index (χ3n) is 2.91. The first kappa shape index (κ1) is 14.3. The van der Waals surface area contributed by atoms with Crippen LogP contribution in [0.5, 0.6) is 0 Å². The Morgan fingerprint density at radius 3 is 2.61 bits per heavy atom. The van der Waals surface area contributed by atoms with E-state index in [4.69, 9.17) is 16.9 Å². The highest BCUT2D eigenvalue weighted by molar-refractivity contribution is 6.32. The molecule has 0 unspecified atom stereocenters. The topological polar surface area (TPSA) is 64.3 Å². The van der Waals surface area contributed by atoms with Gasteiger partial charge in [-0.2, -0.15) is 5.26 Å². The van der Waals surface area contributed by atoms with Crippen molar-refractivity contribution in [3.05, 3.63) is 28.8 Å². The van der Waals surface area contributed by atoms with Crippen LogP contribution in [-0.4, -0.2) is 23.2 Å². The van der Waals surface area contributed by atoms with Gasteiger partial charge in [0.25, 0.3) is 0 Å². The second-order valence-corrected chi connectivity index (χ2v) is 4.76. The Hall–Kier alpha value is -1.73. The number of rotatable bonds is 4. The molecule has 0 aliphatic heterocycles. The molecule has 4 nitrogen and oxygen atoms in total. The molecule has 0 amide bonds. The molecule has 5 heteroatoms. The molecule has 1 rings (SSSR count). The quantitative estimate of drug-likeness (QED) is 0.910. The van der Waals surface area contributed by atoms with Crippen molar-refractivity contribution in [3.63, 3.8) is 0 Å². The van der Waals surface area contributed by atoms with E-state index < -0.39 is 11.5 Å². The van der Waals surface area contributed by atoms with E-state index in [1.807, 2.05) is 13.0 Å². The molecule has 0 saturated carbocycles. The van der Waals surface area contributed by atoms with Gasteiger partial charge < -0.3 is 10.0 Å². The van der Waals surface area contributed by atoms with Crippen molar-refractivity contribution < 1.29 is 9.90 Å². The van der Waals surface area contributed by atoms with Crippen molar-refractivity contribution in [3.8, 4) is 6.07 Å². The number of aliphatic carboxylic acids is 1. The Kier molecular flexibility index (Phi) is 4.20. The highest BCUT2D eigenvalue weighted by Gasteiger charge is 2.35. The third kappa shape index (κ3) is 2.41. The van der Waals surface area contributed by atoms with Gasteiger partial charge in [-0.1, -0.05) is 17.7 Å². The number of hydrogen-bond donors (Lipinski definition) is 1. The molecule has 0 fully saturated rings. The van der Waals surface area contributed by atoms with Crippen LogP contribution in [0.4, 0.5) is 5.69 Å². The fourth-order valence-electron chi connectivity index (χ4n) is 1.83. The lowest BCUT2D eigenvalue weighted by Gasteiger charge is -2.36. The Bertz CT molecular complexity index is 506. The number of halogens is 1. The normalized spacial score (nSPS) is 10.8. The fourth-order valence-corrected chi connectivity index (χ4v) is 2.04. The molecule has 0 radical (unpaired) electrons. The summed E-state index contributed by atoms with van der Waals surface area (Å²) in [5, 5.41) is 18.7. The summed E-state index contributed by atoms with van der Waals surface area (Å²) in [7, 11) is 0. The Labute approximate surface area is 111 Å². The average Bonchev–Trinajstić information content (AvgIpc) is 2.29. The maximum Gasteiger partial charge on any atom is 0.328 e. The molecule has 1 N–H and O–H groups in total. The van der Waals surface area contributed by atoms with Crippen LogP contribution in [0.25, 0.3) is 0 Å². The largest absolute Gasteiger partial charge is 0.480 e. The molecule has 0 aliphatic rings. The van der Waals surface area contributed by atoms with Gasteiger partial charge >= 0.3 is 5.97 Å². The highest BCUT2D eigenvalue weighted by atomic mass is 35.5. The number of carboxylic acids is 1. The molecule has 0 atom stereocenters. The van der Waals surface area contributed by atoms with Crippen molar-refractivity contribution in [1.29, 1.82) is 5.26 Å². The van der Waals surface area contributed by atoms with E-state index in [0.717, 1.165) is 0 Å². The van der Waals surface area contributed by atoms with E-state index in [1.54, 1.807) is 36.9 Å². The molecule has 0 aromatic heterocycles. The molecule has 0 heterocycles. The molecule has 1 aromatic carbocycles. The average molecular weight is 267 g/mol. The summed E-state index contributed by atoms with van der Waals surface area (Å²) >= 11 is 5.96. The first-order valence-corrected chi connectivity index (χ1v) is 5.93. The van der Waals surface area contributed by atoms with E-state index in [2.05, 4.69) is 0 Å². The predicted molar refractivity (Wildman–Crippen MR) is 70.9 cm³/mol. The number of carboxylic acid groups (broad SMARTS) is 1. The molecule has 0 spiro atoms. The second kappa shape index (κ2) is 5.28. The zero-order chi connectivity index (χ0) is 13.9. The van der Waals surface area contributed by atoms with Crippen LogP contribution in [0.1, 0.15) is 26.3 Å². The first-order valence-electron chi connectivity index (χ1n) is 5.55. The number of anilines is 1. The molecule has 0 saturated heterocycles. The SMILES string of the molecule is CCN(c1cccc(Cl)c1C#N)C(C)(C)C(=O)O. The molecule has 1 aromatic rings. The van der Waals surface area contributed by atoms with Crippen molar-refractivity contribution in [2.24, 2.45) is 0 Å². The van der Waals surface area contributed by atoms with E-state index >= 15 is 0 Å². The van der Waals surface area contributed by atoms with Crippen LogP contribution in [0.2, 0.25) is 5.02 Å². The van der Waals surface area contributed by atoms with Crippen molar-refractivity contribution in [2.75, 3.05) is 11.4 Å². The summed E-state index contributed by atoms with van der Waals surface area (Å²) in [6, 6.07) is 7.05. The van der Waals surface area contributed by atoms with Gasteiger partial charge in [-0.3, -0.25) is 0 Å². The van der Waals surface area contributed by atoms with Gasteiger partial charge in [0, 0.05) is 6.54 Å². The van der Waals surface area contributed by atoms with Crippen LogP contribution in [0.3, 0.4) is 0 Å². The van der Waals surface area contributed by atoms with E-state index in [1.165, 1.54) is 0 Å². The summed E-state index contributed by atoms with van der Waals surface area (Å²) < 4.78 is 0. The van der Waals surface area contributed by atoms with Gasteiger partial charge in [0.05, 0.1) is 16.3 Å². The lowest BCUT2D eigenvalue weighted by Crippen LogP contribution is -2.50. The fraction of sp³-hybridized carbons (Fsp3) is 0.385. The lowest BCUT2D eigenvalue weighted by atomic mass is 10.0. The van der Waals surface area contributed by atoms with Crippen LogP contribution in [0, 0.1) is 11.3 Å². The number of hydrogen-bond acceptors (Lipinski definition) is 3. The molecule has 18 heavy (non-hydrogen) atoms. The van der Waals surface area contributed by atoms with E-state index in [9.17, 15) is 9.90 Å². The number of carbonyl (C=O) groups is 1. The van der Waals surface area contributed by atoms with E-state index in [0.29, 0.717) is 22.8 Å². The Balaban J connectivity index is 3.40. The first-order chi connectivity index (χ1) is 8.36. The zero-order valence-electron chi connectivity index (χ0n) is 10.6. The molecular formula is C13H15ClN2O2. The second-order valence-electron chi connectivity index (χ2n) is 4.35. The van der Waals surface area contributed by atoms with Crippen LogP contribution in [0.15, 0.2) is 18.2 Å². The number of likely N-dealkylation sites (N-methyl/N-ethyl adjacent to an activating group) is 1. The smallest absolute Gasteiger partial charge is 0.328 e. The minimum atomic E-state index is -1.11. The number of nitriles is 1. The lowest BCUT2D eigenvalue weighted by molar-refractivity contribution is -0.142. The molecule has 96 valence electrons. The molecule has 0 aliphatic carbocycles. The number of benzene rings is 1. The minimum absolute atomic E-state index is 0.301. The summed E-state index contributed by atoms with van der Waals surface area (Å²) in [6.07, 6.45) is 0. The molecular weight excluding hydrogens is 252 g/mol. The zero-order valence-corrected chi connectivity index (χ0v) is 11.3. The predicted octanol–water partition coefficient (Wildman–Crippen LogP) is 2.90. The van der Waals surface area contributed by atoms with Crippen molar-refractivity contribution in [2.45, 2.75) is 26.3 Å². The Morgan fingerprint density at radius 1 is 1.56 bits per heavy atom. The van der Waals surface area contributed by atoms with Gasteiger partial charge in [-0.05, 0) is 32.9 Å². The third-order valence-corrected chi connectivity index (χ3v) is 3.22. The summed E-state index contributed by atoms with van der Waals surface area (Å²) in [4.78, 5) is 13.0. The maximum absolute atomic E-state index is 11.3. The van der Waals surface area contributed by atoms with Crippen molar-refractivity contribution in [1.82, 2.24) is 0 Å². The monoisotopic (exact) mass is 266 g/mol. The molecule has 0 bridgehead atoms. The Morgan fingerprint density at radius 2 is 2.17 bits per heavy atom. The van der Waals surface area contributed by atoms with Gasteiger partial charge in [0.2, 0.25) is 0 Å². The van der Waals surface area contributed by atoms with E-state index in [-0.39, 0.29) is 0 Å². The van der Waals surface area contributed by atoms with Crippen LogP contribution < -0.4 is 4.90 Å². The summed E-state index contributed by atoms with van der Waals surface area (Å²) in [5.74, 6) is -0.951. The van der Waals surface area contributed by atoms with Gasteiger partial charge in [-0.25, -0.2) is 4.79 Å². The summed E-state index contributed by atoms with van der Waals surface area (Å²) in [5.41, 5.74) is -0.263. The number of nitrogens with zero attached hydrogens (tertiary/aromatic N) is 2. The van der Waals surface area contributed by atoms with Crippen molar-refractivity contribution >= 4 is 23.3 Å². The standard InChI is InChI=1S/C13H15ClN2O2/c1-4-16(13(2,3)12(17)18)11-7-5-6-10(14)9(11)8-15/h5-7H,4H2,1-3H3,(H,17,18). The van der Waals surface area contributed by atoms with Gasteiger partial charge in [0.1, 0.15) is 11.6 Å². The maximum atomic E-state index is 11.3. The minimum Gasteiger partial charge on any atom is -0.480 e. The van der Waals surface area contributed by atoms with Gasteiger partial charge in [-0.15, -0.1) is 0 Å². The van der Waals surface area contributed by atoms with Crippen LogP contribution in [-0.2, 0) is 4.79 Å². The summed E-state index contributed by atoms with van der Waals surface area (Å²) in [6.45, 7) is 5.50. The highest BCUT2D eigenvalue weighted by Crippen LogP contribution is 2.31.